The van der Waals surface area contributed by atoms with Crippen LogP contribution in [0.25, 0.3) is 0 Å². The molecule has 0 aromatic carbocycles. The fourth-order valence-electron chi connectivity index (χ4n) is 2.53. The Morgan fingerprint density at radius 3 is 3.11 bits per heavy atom. The number of aryl methyl sites for hydroxylation is 3. The smallest absolute Gasteiger partial charge is 0.164 e. The molecule has 94 valence electrons. The Kier molecular flexibility index (Phi) is 3.04. The van der Waals surface area contributed by atoms with Gasteiger partial charge in [-0.1, -0.05) is 0 Å². The first-order chi connectivity index (χ1) is 8.74. The fraction of sp³-hybridized carbons (Fsp3) is 0.429. The maximum Gasteiger partial charge on any atom is 0.164 e. The maximum absolute atomic E-state index is 11.8. The third-order valence-corrected chi connectivity index (χ3v) is 4.46. The maximum atomic E-state index is 11.8. The van der Waals surface area contributed by atoms with Crippen LogP contribution in [0, 0.1) is 6.92 Å². The first-order valence-electron chi connectivity index (χ1n) is 6.36. The zero-order chi connectivity index (χ0) is 12.5. The molecule has 3 nitrogen and oxygen atoms in total. The third kappa shape index (κ3) is 2.12. The number of rotatable bonds is 3. The predicted octanol–water partition coefficient (Wildman–Crippen LogP) is 3.01. The van der Waals surface area contributed by atoms with Crippen molar-refractivity contribution >= 4 is 17.1 Å². The van der Waals surface area contributed by atoms with Gasteiger partial charge in [-0.2, -0.15) is 0 Å². The summed E-state index contributed by atoms with van der Waals surface area (Å²) in [6, 6.07) is 1.98. The first-order valence-corrected chi connectivity index (χ1v) is 7.24. The van der Waals surface area contributed by atoms with E-state index >= 15 is 0 Å². The van der Waals surface area contributed by atoms with Gasteiger partial charge in [0.05, 0.1) is 5.01 Å². The van der Waals surface area contributed by atoms with E-state index in [2.05, 4.69) is 14.9 Å². The van der Waals surface area contributed by atoms with Gasteiger partial charge in [0.25, 0.3) is 0 Å². The molecule has 0 aliphatic heterocycles. The Bertz CT molecular complexity index is 582. The standard InChI is InChI=1S/C14H16N2OS/c1-10-9-18-14(15-10)6-8-16-7-5-11-12(16)3-2-4-13(11)17/h5,7,9H,2-4,6,8H2,1H3. The Morgan fingerprint density at radius 2 is 2.33 bits per heavy atom. The summed E-state index contributed by atoms with van der Waals surface area (Å²) >= 11 is 1.72. The lowest BCUT2D eigenvalue weighted by molar-refractivity contribution is 0.0972. The molecule has 1 aliphatic rings. The number of thiazole rings is 1. The van der Waals surface area contributed by atoms with E-state index in [-0.39, 0.29) is 0 Å². The van der Waals surface area contributed by atoms with Crippen LogP contribution in [0.15, 0.2) is 17.6 Å². The molecular formula is C14H16N2OS. The highest BCUT2D eigenvalue weighted by atomic mass is 32.1. The lowest BCUT2D eigenvalue weighted by Gasteiger charge is -2.14. The van der Waals surface area contributed by atoms with Crippen LogP contribution in [0.2, 0.25) is 0 Å². The lowest BCUT2D eigenvalue weighted by Crippen LogP contribution is -2.13. The second-order valence-electron chi connectivity index (χ2n) is 4.78. The van der Waals surface area contributed by atoms with Crippen molar-refractivity contribution in [3.05, 3.63) is 39.6 Å². The van der Waals surface area contributed by atoms with Gasteiger partial charge in [0, 0.05) is 47.9 Å². The molecule has 0 saturated carbocycles. The van der Waals surface area contributed by atoms with Crippen LogP contribution in [0.3, 0.4) is 0 Å². The molecular weight excluding hydrogens is 244 g/mol. The molecule has 0 radical (unpaired) electrons. The van der Waals surface area contributed by atoms with Gasteiger partial charge < -0.3 is 4.57 Å². The molecule has 0 atom stereocenters. The van der Waals surface area contributed by atoms with Crippen LogP contribution >= 0.6 is 11.3 Å². The van der Waals surface area contributed by atoms with E-state index in [1.165, 1.54) is 10.7 Å². The van der Waals surface area contributed by atoms with Crippen molar-refractivity contribution in [2.24, 2.45) is 0 Å². The zero-order valence-corrected chi connectivity index (χ0v) is 11.3. The first kappa shape index (κ1) is 11.7. The Morgan fingerprint density at radius 1 is 1.44 bits per heavy atom. The third-order valence-electron chi connectivity index (χ3n) is 3.43. The average molecular weight is 260 g/mol. The molecule has 18 heavy (non-hydrogen) atoms. The van der Waals surface area contributed by atoms with Crippen molar-refractivity contribution in [3.8, 4) is 0 Å². The molecule has 0 spiro atoms. The summed E-state index contributed by atoms with van der Waals surface area (Å²) in [5, 5.41) is 3.27. The summed E-state index contributed by atoms with van der Waals surface area (Å²) in [5.74, 6) is 0.306. The normalized spacial score (nSPS) is 14.8. The van der Waals surface area contributed by atoms with Gasteiger partial charge >= 0.3 is 0 Å². The van der Waals surface area contributed by atoms with Crippen molar-refractivity contribution in [1.29, 1.82) is 0 Å². The van der Waals surface area contributed by atoms with Crippen molar-refractivity contribution in [3.63, 3.8) is 0 Å². The number of ketones is 1. The number of hydrogen-bond donors (Lipinski definition) is 0. The number of aromatic nitrogens is 2. The predicted molar refractivity (Wildman–Crippen MR) is 72.3 cm³/mol. The average Bonchev–Trinajstić information content (AvgIpc) is 2.94. The molecule has 0 amide bonds. The minimum atomic E-state index is 0.306. The molecule has 2 aromatic heterocycles. The van der Waals surface area contributed by atoms with Crippen LogP contribution in [-0.4, -0.2) is 15.3 Å². The zero-order valence-electron chi connectivity index (χ0n) is 10.5. The number of fused-ring (bicyclic) bond motifs is 1. The van der Waals surface area contributed by atoms with Crippen molar-refractivity contribution < 1.29 is 4.79 Å². The highest BCUT2D eigenvalue weighted by Crippen LogP contribution is 2.22. The summed E-state index contributed by atoms with van der Waals surface area (Å²) < 4.78 is 2.23. The second-order valence-corrected chi connectivity index (χ2v) is 5.72. The Hall–Kier alpha value is -1.42. The highest BCUT2D eigenvalue weighted by molar-refractivity contribution is 7.09. The Labute approximate surface area is 110 Å². The van der Waals surface area contributed by atoms with Gasteiger partial charge in [0.15, 0.2) is 5.78 Å². The minimum Gasteiger partial charge on any atom is -0.350 e. The number of carbonyl (C=O) groups is 1. The molecule has 2 aromatic rings. The summed E-state index contributed by atoms with van der Waals surface area (Å²) in [6.45, 7) is 2.95. The van der Waals surface area contributed by atoms with Crippen LogP contribution in [0.5, 0.6) is 0 Å². The van der Waals surface area contributed by atoms with Crippen LogP contribution in [-0.2, 0) is 19.4 Å². The van der Waals surface area contributed by atoms with E-state index in [0.717, 1.165) is 37.1 Å². The van der Waals surface area contributed by atoms with Crippen LogP contribution in [0.4, 0.5) is 0 Å². The molecule has 0 bridgehead atoms. The molecule has 0 fully saturated rings. The summed E-state index contributed by atoms with van der Waals surface area (Å²) in [7, 11) is 0. The van der Waals surface area contributed by atoms with Crippen molar-refractivity contribution in [1.82, 2.24) is 9.55 Å². The fourth-order valence-corrected chi connectivity index (χ4v) is 3.30. The molecule has 0 unspecified atom stereocenters. The van der Waals surface area contributed by atoms with Gasteiger partial charge in [-0.05, 0) is 25.8 Å². The topological polar surface area (TPSA) is 34.9 Å². The van der Waals surface area contributed by atoms with E-state index in [1.54, 1.807) is 11.3 Å². The number of Topliss-reactive ketones (excluding diaryl/α,β-unsaturated/α-hetero) is 1. The van der Waals surface area contributed by atoms with E-state index in [1.807, 2.05) is 19.2 Å². The number of nitrogens with zero attached hydrogens (tertiary/aromatic N) is 2. The number of hydrogen-bond acceptors (Lipinski definition) is 3. The molecule has 1 aliphatic carbocycles. The van der Waals surface area contributed by atoms with Gasteiger partial charge in [-0.25, -0.2) is 4.98 Å². The van der Waals surface area contributed by atoms with E-state index in [0.29, 0.717) is 12.2 Å². The van der Waals surface area contributed by atoms with Crippen molar-refractivity contribution in [2.45, 2.75) is 39.2 Å². The minimum absolute atomic E-state index is 0.306. The molecule has 0 saturated heterocycles. The second kappa shape index (κ2) is 4.69. The molecule has 0 N–H and O–H groups in total. The molecule has 3 rings (SSSR count). The molecule has 2 heterocycles. The van der Waals surface area contributed by atoms with E-state index in [9.17, 15) is 4.79 Å². The van der Waals surface area contributed by atoms with Gasteiger partial charge in [-0.15, -0.1) is 11.3 Å². The quantitative estimate of drug-likeness (QED) is 0.850. The van der Waals surface area contributed by atoms with E-state index < -0.39 is 0 Å². The van der Waals surface area contributed by atoms with Gasteiger partial charge in [0.2, 0.25) is 0 Å². The summed E-state index contributed by atoms with van der Waals surface area (Å²) in [6.07, 6.45) is 5.74. The summed E-state index contributed by atoms with van der Waals surface area (Å²) in [4.78, 5) is 16.2. The highest BCUT2D eigenvalue weighted by Gasteiger charge is 2.20. The largest absolute Gasteiger partial charge is 0.350 e. The Balaban J connectivity index is 1.75. The number of carbonyl (C=O) groups excluding carboxylic acids is 1. The van der Waals surface area contributed by atoms with E-state index in [4.69, 9.17) is 0 Å². The molecule has 4 heteroatoms. The van der Waals surface area contributed by atoms with Gasteiger partial charge in [-0.3, -0.25) is 4.79 Å². The van der Waals surface area contributed by atoms with Crippen molar-refractivity contribution in [2.75, 3.05) is 0 Å². The monoisotopic (exact) mass is 260 g/mol. The van der Waals surface area contributed by atoms with Crippen LogP contribution in [0.1, 0.15) is 39.6 Å². The van der Waals surface area contributed by atoms with Gasteiger partial charge in [0.1, 0.15) is 0 Å². The van der Waals surface area contributed by atoms with Crippen LogP contribution < -0.4 is 0 Å². The lowest BCUT2D eigenvalue weighted by atomic mass is 9.97. The SMILES string of the molecule is Cc1csc(CCn2ccc3c2CCCC3=O)n1. The summed E-state index contributed by atoms with van der Waals surface area (Å²) in [5.41, 5.74) is 3.26.